The van der Waals surface area contributed by atoms with Crippen molar-refractivity contribution in [2.75, 3.05) is 20.7 Å². The Balaban J connectivity index is 2.73. The first kappa shape index (κ1) is 14.9. The highest BCUT2D eigenvalue weighted by atomic mass is 32.2. The number of ether oxygens (including phenoxy) is 1. The van der Waals surface area contributed by atoms with E-state index in [9.17, 15) is 12.8 Å². The maximum atomic E-state index is 13.5. The predicted molar refractivity (Wildman–Crippen MR) is 67.0 cm³/mol. The molecule has 5 nitrogen and oxygen atoms in total. The molecule has 1 N–H and O–H groups in total. The van der Waals surface area contributed by atoms with Crippen molar-refractivity contribution in [2.45, 2.75) is 13.5 Å². The van der Waals surface area contributed by atoms with Crippen LogP contribution in [0.15, 0.2) is 18.2 Å². The Morgan fingerprint density at radius 1 is 1.39 bits per heavy atom. The van der Waals surface area contributed by atoms with E-state index in [0.29, 0.717) is 12.2 Å². The minimum absolute atomic E-state index is 0.0316. The van der Waals surface area contributed by atoms with Crippen molar-refractivity contribution in [3.63, 3.8) is 0 Å². The molecule has 1 rings (SSSR count). The van der Waals surface area contributed by atoms with Crippen molar-refractivity contribution in [1.29, 1.82) is 0 Å². The van der Waals surface area contributed by atoms with Crippen LogP contribution >= 0.6 is 0 Å². The molecule has 0 radical (unpaired) electrons. The average molecular weight is 276 g/mol. The lowest BCUT2D eigenvalue weighted by atomic mass is 10.2. The number of halogens is 1. The molecule has 102 valence electrons. The summed E-state index contributed by atoms with van der Waals surface area (Å²) in [5.41, 5.74) is 0.529. The van der Waals surface area contributed by atoms with E-state index >= 15 is 0 Å². The second-order valence-electron chi connectivity index (χ2n) is 3.81. The highest BCUT2D eigenvalue weighted by Gasteiger charge is 2.12. The van der Waals surface area contributed by atoms with Gasteiger partial charge in [-0.2, -0.15) is 17.4 Å². The summed E-state index contributed by atoms with van der Waals surface area (Å²) in [5.74, 6) is -0.338. The summed E-state index contributed by atoms with van der Waals surface area (Å²) in [6.07, 6.45) is 0. The minimum atomic E-state index is -3.50. The number of nitrogens with one attached hydrogen (secondary N) is 1. The van der Waals surface area contributed by atoms with Gasteiger partial charge in [-0.15, -0.1) is 0 Å². The molecule has 0 aliphatic carbocycles. The molecule has 0 bridgehead atoms. The first-order valence-electron chi connectivity index (χ1n) is 5.45. The van der Waals surface area contributed by atoms with Crippen LogP contribution < -0.4 is 9.46 Å². The Morgan fingerprint density at radius 2 is 2.06 bits per heavy atom. The Kier molecular flexibility index (Phi) is 5.06. The molecule has 0 heterocycles. The molecule has 1 aromatic rings. The van der Waals surface area contributed by atoms with Gasteiger partial charge in [0, 0.05) is 20.6 Å². The molecule has 0 aromatic heterocycles. The van der Waals surface area contributed by atoms with Crippen LogP contribution in [0, 0.1) is 5.82 Å². The lowest BCUT2D eigenvalue weighted by molar-refractivity contribution is 0.321. The molecule has 18 heavy (non-hydrogen) atoms. The van der Waals surface area contributed by atoms with Gasteiger partial charge in [0.25, 0.3) is 10.2 Å². The molecule has 0 saturated heterocycles. The van der Waals surface area contributed by atoms with Gasteiger partial charge in [0.05, 0.1) is 6.61 Å². The van der Waals surface area contributed by atoms with Crippen molar-refractivity contribution in [3.8, 4) is 5.75 Å². The third kappa shape index (κ3) is 3.94. The third-order valence-corrected chi connectivity index (χ3v) is 3.71. The van der Waals surface area contributed by atoms with Crippen LogP contribution in [0.2, 0.25) is 0 Å². The number of hydrogen-bond donors (Lipinski definition) is 1. The molecular weight excluding hydrogens is 259 g/mol. The van der Waals surface area contributed by atoms with E-state index in [1.807, 2.05) is 0 Å². The van der Waals surface area contributed by atoms with Crippen LogP contribution in [0.1, 0.15) is 12.5 Å². The summed E-state index contributed by atoms with van der Waals surface area (Å²) < 4.78 is 44.9. The van der Waals surface area contributed by atoms with Crippen molar-refractivity contribution in [1.82, 2.24) is 9.03 Å². The number of rotatable bonds is 6. The van der Waals surface area contributed by atoms with E-state index < -0.39 is 16.0 Å². The molecule has 0 aliphatic heterocycles. The number of benzene rings is 1. The second-order valence-corrected chi connectivity index (χ2v) is 5.78. The SMILES string of the molecule is CCOc1ccc(CNS(=O)(=O)N(C)C)cc1F. The number of nitrogens with zero attached hydrogens (tertiary/aromatic N) is 1. The Bertz CT molecular complexity index is 503. The van der Waals surface area contributed by atoms with E-state index in [-0.39, 0.29) is 12.3 Å². The Hall–Kier alpha value is -1.18. The summed E-state index contributed by atoms with van der Waals surface area (Å²) in [5, 5.41) is 0. The average Bonchev–Trinajstić information content (AvgIpc) is 2.30. The first-order chi connectivity index (χ1) is 8.36. The van der Waals surface area contributed by atoms with Crippen molar-refractivity contribution >= 4 is 10.2 Å². The molecule has 7 heteroatoms. The van der Waals surface area contributed by atoms with E-state index in [1.165, 1.54) is 26.2 Å². The Morgan fingerprint density at radius 3 is 2.56 bits per heavy atom. The highest BCUT2D eigenvalue weighted by Crippen LogP contribution is 2.18. The maximum Gasteiger partial charge on any atom is 0.279 e. The van der Waals surface area contributed by atoms with Crippen LogP contribution in [-0.2, 0) is 16.8 Å². The summed E-state index contributed by atoms with van der Waals surface area (Å²) >= 11 is 0. The lowest BCUT2D eigenvalue weighted by Crippen LogP contribution is -2.35. The predicted octanol–water partition coefficient (Wildman–Crippen LogP) is 1.12. The normalized spacial score (nSPS) is 11.8. The first-order valence-corrected chi connectivity index (χ1v) is 6.89. The zero-order valence-corrected chi connectivity index (χ0v) is 11.4. The van der Waals surface area contributed by atoms with Gasteiger partial charge in [-0.1, -0.05) is 6.07 Å². The fraction of sp³-hybridized carbons (Fsp3) is 0.455. The van der Waals surface area contributed by atoms with Gasteiger partial charge in [-0.25, -0.2) is 4.39 Å². The third-order valence-electron chi connectivity index (χ3n) is 2.24. The topological polar surface area (TPSA) is 58.6 Å². The van der Waals surface area contributed by atoms with Crippen LogP contribution in [0.3, 0.4) is 0 Å². The van der Waals surface area contributed by atoms with Gasteiger partial charge in [-0.3, -0.25) is 0 Å². The molecule has 0 unspecified atom stereocenters. The van der Waals surface area contributed by atoms with Crippen LogP contribution in [0.4, 0.5) is 4.39 Å². The van der Waals surface area contributed by atoms with Gasteiger partial charge in [0.1, 0.15) is 0 Å². The fourth-order valence-corrected chi connectivity index (χ4v) is 1.84. The zero-order chi connectivity index (χ0) is 13.8. The molecule has 0 spiro atoms. The van der Waals surface area contributed by atoms with Gasteiger partial charge >= 0.3 is 0 Å². The molecule has 0 aliphatic rings. The van der Waals surface area contributed by atoms with Crippen molar-refractivity contribution in [2.24, 2.45) is 0 Å². The summed E-state index contributed by atoms with van der Waals surface area (Å²) in [4.78, 5) is 0. The molecule has 1 aromatic carbocycles. The van der Waals surface area contributed by atoms with Gasteiger partial charge in [0.2, 0.25) is 0 Å². The molecule has 0 amide bonds. The van der Waals surface area contributed by atoms with Crippen LogP contribution in [-0.4, -0.2) is 33.4 Å². The molecule has 0 fully saturated rings. The van der Waals surface area contributed by atoms with E-state index in [0.717, 1.165) is 4.31 Å². The largest absolute Gasteiger partial charge is 0.491 e. The quantitative estimate of drug-likeness (QED) is 0.847. The summed E-state index contributed by atoms with van der Waals surface area (Å²) in [6.45, 7) is 2.17. The van der Waals surface area contributed by atoms with Gasteiger partial charge in [-0.05, 0) is 24.6 Å². The van der Waals surface area contributed by atoms with Crippen LogP contribution in [0.25, 0.3) is 0 Å². The van der Waals surface area contributed by atoms with E-state index in [2.05, 4.69) is 4.72 Å². The molecule has 0 atom stereocenters. The van der Waals surface area contributed by atoms with Crippen molar-refractivity contribution < 1.29 is 17.5 Å². The van der Waals surface area contributed by atoms with Gasteiger partial charge < -0.3 is 4.74 Å². The van der Waals surface area contributed by atoms with Crippen molar-refractivity contribution in [3.05, 3.63) is 29.6 Å². The summed E-state index contributed by atoms with van der Waals surface area (Å²) in [6, 6.07) is 4.35. The molecular formula is C11H17FN2O3S. The monoisotopic (exact) mass is 276 g/mol. The fourth-order valence-electron chi connectivity index (χ4n) is 1.23. The summed E-state index contributed by atoms with van der Waals surface area (Å²) in [7, 11) is -0.664. The van der Waals surface area contributed by atoms with E-state index in [1.54, 1.807) is 13.0 Å². The van der Waals surface area contributed by atoms with Crippen LogP contribution in [0.5, 0.6) is 5.75 Å². The number of hydrogen-bond acceptors (Lipinski definition) is 3. The highest BCUT2D eigenvalue weighted by molar-refractivity contribution is 7.87. The minimum Gasteiger partial charge on any atom is -0.491 e. The Labute approximate surface area is 107 Å². The zero-order valence-electron chi connectivity index (χ0n) is 10.6. The second kappa shape index (κ2) is 6.12. The van der Waals surface area contributed by atoms with E-state index in [4.69, 9.17) is 4.74 Å². The maximum absolute atomic E-state index is 13.5. The lowest BCUT2D eigenvalue weighted by Gasteiger charge is -2.12. The standard InChI is InChI=1S/C11H17FN2O3S/c1-4-17-11-6-5-9(7-10(11)12)8-13-18(15,16)14(2)3/h5-7,13H,4,8H2,1-3H3. The van der Waals surface area contributed by atoms with Gasteiger partial charge in [0.15, 0.2) is 11.6 Å². The smallest absolute Gasteiger partial charge is 0.279 e. The molecule has 0 saturated carbocycles.